The number of amides is 2. The molecule has 1 aliphatic heterocycles. The van der Waals surface area contributed by atoms with Crippen LogP contribution in [0.1, 0.15) is 31.4 Å². The SMILES string of the molecule is CCOc1ccc(NC(=O)N2CCN(C3CC3)CC2c2ccccc2)cc1. The summed E-state index contributed by atoms with van der Waals surface area (Å²) in [4.78, 5) is 17.5. The minimum atomic E-state index is -0.0385. The minimum Gasteiger partial charge on any atom is -0.494 e. The molecule has 1 saturated carbocycles. The fraction of sp³-hybridized carbons (Fsp3) is 0.409. The number of nitrogens with one attached hydrogen (secondary N) is 1. The van der Waals surface area contributed by atoms with Gasteiger partial charge in [-0.3, -0.25) is 4.90 Å². The number of benzene rings is 2. The molecule has 4 rings (SSSR count). The van der Waals surface area contributed by atoms with E-state index in [0.717, 1.165) is 31.1 Å². The van der Waals surface area contributed by atoms with E-state index in [1.807, 2.05) is 54.3 Å². The van der Waals surface area contributed by atoms with Crippen molar-refractivity contribution in [3.05, 3.63) is 60.2 Å². The Hall–Kier alpha value is -2.53. The molecular formula is C22H27N3O2. The van der Waals surface area contributed by atoms with Crippen molar-refractivity contribution in [1.29, 1.82) is 0 Å². The molecule has 5 heteroatoms. The summed E-state index contributed by atoms with van der Waals surface area (Å²) in [5, 5.41) is 3.05. The summed E-state index contributed by atoms with van der Waals surface area (Å²) in [5.41, 5.74) is 1.99. The molecule has 2 fully saturated rings. The maximum absolute atomic E-state index is 13.0. The fourth-order valence-corrected chi connectivity index (χ4v) is 3.78. The first-order valence-electron chi connectivity index (χ1n) is 9.84. The molecule has 1 atom stereocenters. The third-order valence-corrected chi connectivity index (χ3v) is 5.34. The molecule has 2 aromatic carbocycles. The van der Waals surface area contributed by atoms with E-state index in [-0.39, 0.29) is 12.1 Å². The van der Waals surface area contributed by atoms with Gasteiger partial charge in [-0.05, 0) is 49.6 Å². The van der Waals surface area contributed by atoms with Gasteiger partial charge in [0.05, 0.1) is 12.6 Å². The molecule has 0 spiro atoms. The molecule has 1 N–H and O–H groups in total. The zero-order chi connectivity index (χ0) is 18.6. The summed E-state index contributed by atoms with van der Waals surface area (Å²) in [7, 11) is 0. The molecule has 5 nitrogen and oxygen atoms in total. The molecule has 2 aliphatic rings. The molecule has 142 valence electrons. The number of anilines is 1. The Balaban J connectivity index is 1.48. The van der Waals surface area contributed by atoms with Crippen molar-refractivity contribution in [3.8, 4) is 5.75 Å². The highest BCUT2D eigenvalue weighted by atomic mass is 16.5. The highest BCUT2D eigenvalue weighted by Gasteiger charge is 2.37. The van der Waals surface area contributed by atoms with Gasteiger partial charge in [0.1, 0.15) is 5.75 Å². The number of urea groups is 1. The van der Waals surface area contributed by atoms with Crippen molar-refractivity contribution in [2.24, 2.45) is 0 Å². The van der Waals surface area contributed by atoms with E-state index in [4.69, 9.17) is 4.74 Å². The van der Waals surface area contributed by atoms with E-state index in [9.17, 15) is 4.79 Å². The van der Waals surface area contributed by atoms with Gasteiger partial charge in [0, 0.05) is 31.4 Å². The van der Waals surface area contributed by atoms with Gasteiger partial charge >= 0.3 is 6.03 Å². The molecule has 1 unspecified atom stereocenters. The molecule has 0 radical (unpaired) electrons. The molecule has 0 aromatic heterocycles. The number of hydrogen-bond donors (Lipinski definition) is 1. The topological polar surface area (TPSA) is 44.8 Å². The summed E-state index contributed by atoms with van der Waals surface area (Å²) < 4.78 is 5.47. The lowest BCUT2D eigenvalue weighted by atomic mass is 10.0. The average Bonchev–Trinajstić information content (AvgIpc) is 3.55. The van der Waals surface area contributed by atoms with Gasteiger partial charge in [-0.25, -0.2) is 4.79 Å². The number of ether oxygens (including phenoxy) is 1. The van der Waals surface area contributed by atoms with Gasteiger partial charge in [0.15, 0.2) is 0 Å². The van der Waals surface area contributed by atoms with E-state index < -0.39 is 0 Å². The fourth-order valence-electron chi connectivity index (χ4n) is 3.78. The van der Waals surface area contributed by atoms with Crippen LogP contribution >= 0.6 is 0 Å². The number of carbonyl (C=O) groups is 1. The van der Waals surface area contributed by atoms with Gasteiger partial charge in [0.2, 0.25) is 0 Å². The Morgan fingerprint density at radius 1 is 1.07 bits per heavy atom. The van der Waals surface area contributed by atoms with E-state index in [1.54, 1.807) is 0 Å². The second-order valence-electron chi connectivity index (χ2n) is 7.23. The van der Waals surface area contributed by atoms with Gasteiger partial charge < -0.3 is 15.0 Å². The Bertz CT molecular complexity index is 759. The zero-order valence-corrected chi connectivity index (χ0v) is 15.8. The first kappa shape index (κ1) is 17.9. The molecular weight excluding hydrogens is 338 g/mol. The van der Waals surface area contributed by atoms with Crippen LogP contribution in [0.25, 0.3) is 0 Å². The van der Waals surface area contributed by atoms with Crippen LogP contribution in [-0.4, -0.2) is 48.1 Å². The summed E-state index contributed by atoms with van der Waals surface area (Å²) >= 11 is 0. The Morgan fingerprint density at radius 2 is 1.81 bits per heavy atom. The van der Waals surface area contributed by atoms with Crippen LogP contribution in [0.2, 0.25) is 0 Å². The average molecular weight is 365 g/mol. The molecule has 1 saturated heterocycles. The van der Waals surface area contributed by atoms with Gasteiger partial charge in [-0.15, -0.1) is 0 Å². The first-order chi connectivity index (χ1) is 13.2. The van der Waals surface area contributed by atoms with Gasteiger partial charge in [0.25, 0.3) is 0 Å². The van der Waals surface area contributed by atoms with Crippen LogP contribution in [0.4, 0.5) is 10.5 Å². The molecule has 2 amide bonds. The maximum atomic E-state index is 13.0. The lowest BCUT2D eigenvalue weighted by molar-refractivity contribution is 0.0954. The summed E-state index contributed by atoms with van der Waals surface area (Å²) in [5.74, 6) is 0.815. The Kier molecular flexibility index (Phi) is 5.30. The van der Waals surface area contributed by atoms with Gasteiger partial charge in [-0.1, -0.05) is 30.3 Å². The zero-order valence-electron chi connectivity index (χ0n) is 15.8. The van der Waals surface area contributed by atoms with Crippen LogP contribution in [0.15, 0.2) is 54.6 Å². The second kappa shape index (κ2) is 8.01. The number of piperazine rings is 1. The smallest absolute Gasteiger partial charge is 0.322 e. The summed E-state index contributed by atoms with van der Waals surface area (Å²) in [6.07, 6.45) is 2.58. The van der Waals surface area contributed by atoms with E-state index in [1.165, 1.54) is 18.4 Å². The lowest BCUT2D eigenvalue weighted by Gasteiger charge is -2.41. The third-order valence-electron chi connectivity index (χ3n) is 5.34. The predicted octanol–water partition coefficient (Wildman–Crippen LogP) is 4.14. The second-order valence-corrected chi connectivity index (χ2v) is 7.23. The number of carbonyl (C=O) groups excluding carboxylic acids is 1. The van der Waals surface area contributed by atoms with Crippen LogP contribution in [0.3, 0.4) is 0 Å². The van der Waals surface area contributed by atoms with Gasteiger partial charge in [-0.2, -0.15) is 0 Å². The number of hydrogen-bond acceptors (Lipinski definition) is 3. The van der Waals surface area contributed by atoms with Crippen LogP contribution < -0.4 is 10.1 Å². The van der Waals surface area contributed by atoms with Crippen molar-refractivity contribution in [3.63, 3.8) is 0 Å². The molecule has 1 aliphatic carbocycles. The largest absolute Gasteiger partial charge is 0.494 e. The monoisotopic (exact) mass is 365 g/mol. The van der Waals surface area contributed by atoms with Crippen LogP contribution in [0.5, 0.6) is 5.75 Å². The highest BCUT2D eigenvalue weighted by Crippen LogP contribution is 2.33. The van der Waals surface area contributed by atoms with E-state index in [0.29, 0.717) is 12.6 Å². The summed E-state index contributed by atoms with van der Waals surface area (Å²) in [6.45, 7) is 5.20. The van der Waals surface area contributed by atoms with Crippen molar-refractivity contribution in [1.82, 2.24) is 9.80 Å². The predicted molar refractivity (Wildman–Crippen MR) is 107 cm³/mol. The van der Waals surface area contributed by atoms with Crippen molar-refractivity contribution in [2.75, 3.05) is 31.6 Å². The van der Waals surface area contributed by atoms with E-state index in [2.05, 4.69) is 22.3 Å². The first-order valence-corrected chi connectivity index (χ1v) is 9.84. The number of nitrogens with zero attached hydrogens (tertiary/aromatic N) is 2. The maximum Gasteiger partial charge on any atom is 0.322 e. The standard InChI is InChI=1S/C22H27N3O2/c1-2-27-20-12-8-18(9-13-20)23-22(26)25-15-14-24(19-10-11-19)16-21(25)17-6-4-3-5-7-17/h3-9,12-13,19,21H,2,10-11,14-16H2,1H3,(H,23,26). The molecule has 1 heterocycles. The van der Waals surface area contributed by atoms with Crippen LogP contribution in [-0.2, 0) is 0 Å². The minimum absolute atomic E-state index is 0.0385. The number of rotatable bonds is 5. The molecule has 0 bridgehead atoms. The molecule has 2 aromatic rings. The quantitative estimate of drug-likeness (QED) is 0.866. The van der Waals surface area contributed by atoms with Crippen molar-refractivity contribution < 1.29 is 9.53 Å². The molecule has 27 heavy (non-hydrogen) atoms. The Morgan fingerprint density at radius 3 is 2.48 bits per heavy atom. The lowest BCUT2D eigenvalue weighted by Crippen LogP contribution is -2.52. The van der Waals surface area contributed by atoms with E-state index >= 15 is 0 Å². The Labute approximate surface area is 160 Å². The van der Waals surface area contributed by atoms with Crippen LogP contribution in [0, 0.1) is 0 Å². The van der Waals surface area contributed by atoms with Crippen molar-refractivity contribution in [2.45, 2.75) is 31.8 Å². The third kappa shape index (κ3) is 4.25. The normalized spacial score (nSPS) is 20.3. The highest BCUT2D eigenvalue weighted by molar-refractivity contribution is 5.89. The van der Waals surface area contributed by atoms with Crippen molar-refractivity contribution >= 4 is 11.7 Å². The summed E-state index contributed by atoms with van der Waals surface area (Å²) in [6, 6.07) is 18.7.